The van der Waals surface area contributed by atoms with Gasteiger partial charge in [-0.25, -0.2) is 4.79 Å². The molecule has 0 spiro atoms. The summed E-state index contributed by atoms with van der Waals surface area (Å²) >= 11 is 0. The first-order valence-corrected chi connectivity index (χ1v) is 5.79. The van der Waals surface area contributed by atoms with Crippen molar-refractivity contribution < 1.29 is 58.9 Å². The third kappa shape index (κ3) is 4.32. The highest BCUT2D eigenvalue weighted by Gasteiger charge is 2.81. The van der Waals surface area contributed by atoms with E-state index in [0.717, 1.165) is 0 Å². The van der Waals surface area contributed by atoms with Gasteiger partial charge >= 0.3 is 29.9 Å². The van der Waals surface area contributed by atoms with Gasteiger partial charge in [0.05, 0.1) is 0 Å². The predicted molar refractivity (Wildman–Crippen MR) is 58.6 cm³/mol. The molecule has 0 aromatic carbocycles. The third-order valence-electron chi connectivity index (χ3n) is 2.62. The topological polar surface area (TPSA) is 55.8 Å². The molecule has 0 fully saturated rings. The van der Waals surface area contributed by atoms with Crippen molar-refractivity contribution in [1.82, 2.24) is 0 Å². The van der Waals surface area contributed by atoms with Gasteiger partial charge in [0.1, 0.15) is 6.10 Å². The lowest BCUT2D eigenvalue weighted by atomic mass is 9.98. The lowest BCUT2D eigenvalue weighted by Gasteiger charge is -2.35. The highest BCUT2D eigenvalue weighted by Crippen LogP contribution is 2.54. The monoisotopic (exact) mass is 378 g/mol. The van der Waals surface area contributed by atoms with E-state index in [1.807, 2.05) is 0 Å². The quantitative estimate of drug-likeness (QED) is 0.306. The Morgan fingerprint density at radius 2 is 1.54 bits per heavy atom. The van der Waals surface area contributed by atoms with Crippen molar-refractivity contribution in [2.45, 2.75) is 42.8 Å². The second-order valence-corrected chi connectivity index (χ2v) is 4.37. The summed E-state index contributed by atoms with van der Waals surface area (Å²) in [4.78, 5) is 10.8. The van der Waals surface area contributed by atoms with E-state index in [1.54, 1.807) is 0 Å². The number of carbonyl (C=O) groups excluding carboxylic acids is 1. The molecule has 2 unspecified atom stereocenters. The van der Waals surface area contributed by atoms with E-state index in [0.29, 0.717) is 13.2 Å². The fraction of sp³-hybridized carbons (Fsp3) is 0.727. The van der Waals surface area contributed by atoms with Crippen LogP contribution in [0.1, 0.15) is 6.42 Å². The molecular formula is C11H11F9O4. The summed E-state index contributed by atoms with van der Waals surface area (Å²) in [7, 11) is 0.658. The van der Waals surface area contributed by atoms with Crippen LogP contribution in [0.5, 0.6) is 0 Å². The molecule has 2 atom stereocenters. The van der Waals surface area contributed by atoms with Crippen LogP contribution in [0.2, 0.25) is 0 Å². The van der Waals surface area contributed by atoms with Gasteiger partial charge < -0.3 is 14.6 Å². The molecule has 0 amide bonds. The van der Waals surface area contributed by atoms with Crippen LogP contribution in [-0.4, -0.2) is 54.5 Å². The summed E-state index contributed by atoms with van der Waals surface area (Å²) in [5.41, 5.74) is 0. The van der Waals surface area contributed by atoms with Gasteiger partial charge in [-0.3, -0.25) is 0 Å². The Labute approximate surface area is 128 Å². The maximum absolute atomic E-state index is 13.3. The molecule has 142 valence electrons. The first-order valence-electron chi connectivity index (χ1n) is 5.79. The van der Waals surface area contributed by atoms with Crippen LogP contribution in [0.4, 0.5) is 39.5 Å². The number of rotatable bonds is 8. The maximum atomic E-state index is 13.3. The Balaban J connectivity index is 5.44. The zero-order valence-corrected chi connectivity index (χ0v) is 11.7. The number of methoxy groups -OCH3 is 1. The number of aliphatic hydroxyl groups excluding tert-OH is 1. The molecule has 13 heteroatoms. The van der Waals surface area contributed by atoms with E-state index in [2.05, 4.69) is 16.1 Å². The van der Waals surface area contributed by atoms with Crippen molar-refractivity contribution in [3.63, 3.8) is 0 Å². The molecule has 0 rings (SSSR count). The zero-order chi connectivity index (χ0) is 19.6. The summed E-state index contributed by atoms with van der Waals surface area (Å²) in [5.74, 6) is -21.4. The molecule has 0 radical (unpaired) electrons. The van der Waals surface area contributed by atoms with Gasteiger partial charge in [0, 0.05) is 19.6 Å². The Bertz CT molecular complexity index is 461. The first kappa shape index (κ1) is 22.5. The van der Waals surface area contributed by atoms with Crippen LogP contribution >= 0.6 is 0 Å². The van der Waals surface area contributed by atoms with E-state index in [9.17, 15) is 49.4 Å². The van der Waals surface area contributed by atoms with E-state index < -0.39 is 48.7 Å². The summed E-state index contributed by atoms with van der Waals surface area (Å²) in [6, 6.07) is 0. The summed E-state index contributed by atoms with van der Waals surface area (Å²) in [6.45, 7) is 2.88. The van der Waals surface area contributed by atoms with Crippen molar-refractivity contribution in [3.8, 4) is 0 Å². The van der Waals surface area contributed by atoms with Crippen molar-refractivity contribution in [2.75, 3.05) is 7.11 Å². The Morgan fingerprint density at radius 1 is 1.08 bits per heavy atom. The normalized spacial score (nSPS) is 16.5. The standard InChI is InChI=1S/C11H11F9O4/c1-3-6(22)24-7(23-2)5(21)4-8(12,13)9(14,15)10(16,17)11(18,19)20/h3,5,7,21H,1,4H2,2H3. The van der Waals surface area contributed by atoms with Gasteiger partial charge in [-0.05, 0) is 0 Å². The van der Waals surface area contributed by atoms with E-state index in [-0.39, 0.29) is 0 Å². The van der Waals surface area contributed by atoms with Crippen molar-refractivity contribution in [1.29, 1.82) is 0 Å². The maximum Gasteiger partial charge on any atom is 0.460 e. The Kier molecular flexibility index (Phi) is 6.72. The van der Waals surface area contributed by atoms with E-state index in [1.165, 1.54) is 0 Å². The van der Waals surface area contributed by atoms with Crippen LogP contribution in [0, 0.1) is 0 Å². The summed E-state index contributed by atoms with van der Waals surface area (Å²) in [6.07, 6.45) is -14.3. The number of alkyl halides is 9. The molecule has 0 aromatic heterocycles. The second kappa shape index (κ2) is 7.17. The molecule has 0 aromatic rings. The second-order valence-electron chi connectivity index (χ2n) is 4.37. The molecule has 0 bridgehead atoms. The highest BCUT2D eigenvalue weighted by atomic mass is 19.4. The zero-order valence-electron chi connectivity index (χ0n) is 11.7. The molecular weight excluding hydrogens is 367 g/mol. The number of ether oxygens (including phenoxy) is 2. The summed E-state index contributed by atoms with van der Waals surface area (Å²) < 4.78 is 122. The van der Waals surface area contributed by atoms with Gasteiger partial charge in [0.25, 0.3) is 0 Å². The average Bonchev–Trinajstić information content (AvgIpc) is 2.41. The predicted octanol–water partition coefficient (Wildman–Crippen LogP) is 2.91. The van der Waals surface area contributed by atoms with Gasteiger partial charge in [-0.15, -0.1) is 0 Å². The van der Waals surface area contributed by atoms with Crippen LogP contribution < -0.4 is 0 Å². The van der Waals surface area contributed by atoms with E-state index >= 15 is 0 Å². The van der Waals surface area contributed by atoms with Crippen LogP contribution in [0.25, 0.3) is 0 Å². The Hall–Kier alpha value is -1.50. The Morgan fingerprint density at radius 3 is 1.88 bits per heavy atom. The van der Waals surface area contributed by atoms with Crippen LogP contribution in [0.15, 0.2) is 12.7 Å². The molecule has 0 aliphatic heterocycles. The number of esters is 1. The lowest BCUT2D eigenvalue weighted by Crippen LogP contribution is -2.62. The number of halogens is 9. The van der Waals surface area contributed by atoms with Gasteiger partial charge in [-0.1, -0.05) is 6.58 Å². The minimum absolute atomic E-state index is 0.462. The average molecular weight is 378 g/mol. The van der Waals surface area contributed by atoms with Crippen molar-refractivity contribution in [2.24, 2.45) is 0 Å². The minimum atomic E-state index is -7.08. The molecule has 0 aliphatic rings. The summed E-state index contributed by atoms with van der Waals surface area (Å²) in [5, 5.41) is 9.24. The molecule has 0 saturated carbocycles. The molecule has 0 heterocycles. The number of hydrogen-bond acceptors (Lipinski definition) is 4. The highest BCUT2D eigenvalue weighted by molar-refractivity contribution is 5.81. The van der Waals surface area contributed by atoms with Crippen molar-refractivity contribution >= 4 is 5.97 Å². The molecule has 0 aliphatic carbocycles. The number of aliphatic hydroxyl groups is 1. The first-order chi connectivity index (χ1) is 10.5. The number of hydrogen-bond donors (Lipinski definition) is 1. The SMILES string of the molecule is C=CC(=O)OC(OC)C(O)CC(F)(F)C(F)(F)C(F)(F)C(F)(F)F. The van der Waals surface area contributed by atoms with Crippen LogP contribution in [-0.2, 0) is 14.3 Å². The third-order valence-corrected chi connectivity index (χ3v) is 2.62. The largest absolute Gasteiger partial charge is 0.460 e. The smallest absolute Gasteiger partial charge is 0.430 e. The van der Waals surface area contributed by atoms with Gasteiger partial charge in [0.2, 0.25) is 6.29 Å². The number of carbonyl (C=O) groups is 1. The fourth-order valence-corrected chi connectivity index (χ4v) is 1.34. The lowest BCUT2D eigenvalue weighted by molar-refractivity contribution is -0.399. The molecule has 1 N–H and O–H groups in total. The van der Waals surface area contributed by atoms with E-state index in [4.69, 9.17) is 0 Å². The fourth-order valence-electron chi connectivity index (χ4n) is 1.34. The molecule has 4 nitrogen and oxygen atoms in total. The molecule has 0 saturated heterocycles. The van der Waals surface area contributed by atoms with Gasteiger partial charge in [-0.2, -0.15) is 39.5 Å². The van der Waals surface area contributed by atoms with Gasteiger partial charge in [0.15, 0.2) is 0 Å². The molecule has 24 heavy (non-hydrogen) atoms. The minimum Gasteiger partial charge on any atom is -0.430 e. The van der Waals surface area contributed by atoms with Crippen molar-refractivity contribution in [3.05, 3.63) is 12.7 Å². The van der Waals surface area contributed by atoms with Crippen LogP contribution in [0.3, 0.4) is 0 Å².